The molecule has 35 heavy (non-hydrogen) atoms. The first kappa shape index (κ1) is 25.9. The highest BCUT2D eigenvalue weighted by atomic mass is 16.5. The number of fused-ring (bicyclic) bond motifs is 1. The first-order valence-corrected chi connectivity index (χ1v) is 11.7. The third kappa shape index (κ3) is 6.65. The Balaban J connectivity index is 1.54. The van der Waals surface area contributed by atoms with Crippen molar-refractivity contribution in [1.29, 1.82) is 0 Å². The Labute approximate surface area is 205 Å². The van der Waals surface area contributed by atoms with Gasteiger partial charge >= 0.3 is 0 Å². The highest BCUT2D eigenvalue weighted by molar-refractivity contribution is 5.81. The first-order chi connectivity index (χ1) is 17.0. The second-order valence-corrected chi connectivity index (χ2v) is 8.03. The lowest BCUT2D eigenvalue weighted by Crippen LogP contribution is -2.24. The fourth-order valence-electron chi connectivity index (χ4n) is 3.61. The fraction of sp³-hybridized carbons (Fsp3) is 0.423. The van der Waals surface area contributed by atoms with Crippen LogP contribution < -0.4 is 29.8 Å². The molecule has 0 bridgehead atoms. The number of nitrogens with one attached hydrogen (secondary N) is 1. The molecule has 0 atom stereocenters. The minimum Gasteiger partial charge on any atom is -0.493 e. The zero-order valence-electron chi connectivity index (χ0n) is 20.8. The second kappa shape index (κ2) is 12.6. The number of aryl methyl sites for hydroxylation is 1. The number of nitrogens with zero attached hydrogens (tertiary/aromatic N) is 2. The Morgan fingerprint density at radius 2 is 1.69 bits per heavy atom. The van der Waals surface area contributed by atoms with Gasteiger partial charge in [0, 0.05) is 25.6 Å². The van der Waals surface area contributed by atoms with Crippen LogP contribution in [-0.2, 0) is 17.9 Å². The second-order valence-electron chi connectivity index (χ2n) is 8.03. The quantitative estimate of drug-likeness (QED) is 0.370. The van der Waals surface area contributed by atoms with Crippen LogP contribution in [0.5, 0.6) is 23.0 Å². The van der Waals surface area contributed by atoms with Crippen LogP contribution in [0.15, 0.2) is 41.5 Å². The summed E-state index contributed by atoms with van der Waals surface area (Å²) in [6.45, 7) is 3.50. The van der Waals surface area contributed by atoms with Gasteiger partial charge in [0.25, 0.3) is 5.56 Å². The van der Waals surface area contributed by atoms with E-state index >= 15 is 0 Å². The topological polar surface area (TPSA) is 101 Å². The average Bonchev–Trinajstić information content (AvgIpc) is 2.88. The molecule has 9 nitrogen and oxygen atoms in total. The van der Waals surface area contributed by atoms with Crippen LogP contribution in [-0.4, -0.2) is 43.4 Å². The lowest BCUT2D eigenvalue weighted by atomic mass is 10.2. The van der Waals surface area contributed by atoms with Gasteiger partial charge in [-0.15, -0.1) is 0 Å². The Hall–Kier alpha value is -3.75. The van der Waals surface area contributed by atoms with E-state index < -0.39 is 0 Å². The molecule has 0 aliphatic rings. The van der Waals surface area contributed by atoms with Gasteiger partial charge in [0.2, 0.25) is 5.91 Å². The molecule has 9 heteroatoms. The summed E-state index contributed by atoms with van der Waals surface area (Å²) in [6, 6.07) is 8.94. The number of carbonyl (C=O) groups is 1. The minimum absolute atomic E-state index is 0.0968. The molecule has 0 saturated heterocycles. The van der Waals surface area contributed by atoms with Gasteiger partial charge in [0.1, 0.15) is 0 Å². The van der Waals surface area contributed by atoms with Gasteiger partial charge in [-0.05, 0) is 36.6 Å². The van der Waals surface area contributed by atoms with Crippen LogP contribution in [0.2, 0.25) is 0 Å². The van der Waals surface area contributed by atoms with Crippen molar-refractivity contribution in [1.82, 2.24) is 14.9 Å². The number of aromatic nitrogens is 2. The molecule has 3 aromatic rings. The molecule has 0 aliphatic carbocycles. The van der Waals surface area contributed by atoms with E-state index in [9.17, 15) is 9.59 Å². The Bertz CT molecular complexity index is 1210. The van der Waals surface area contributed by atoms with Gasteiger partial charge in [-0.3, -0.25) is 14.2 Å². The summed E-state index contributed by atoms with van der Waals surface area (Å²) < 4.78 is 23.2. The van der Waals surface area contributed by atoms with Gasteiger partial charge < -0.3 is 24.3 Å². The first-order valence-electron chi connectivity index (χ1n) is 11.7. The van der Waals surface area contributed by atoms with Crippen LogP contribution in [0.25, 0.3) is 10.9 Å². The SMILES string of the molecule is CCCCOc1ccc(CNC(=O)CCCn2cnc3cc(OC)c(OC)cc3c2=O)cc1OC. The molecule has 1 amide bonds. The average molecular weight is 484 g/mol. The van der Waals surface area contributed by atoms with Crippen LogP contribution in [0, 0.1) is 0 Å². The molecular weight excluding hydrogens is 450 g/mol. The summed E-state index contributed by atoms with van der Waals surface area (Å²) in [5.74, 6) is 2.22. The van der Waals surface area contributed by atoms with E-state index in [4.69, 9.17) is 18.9 Å². The van der Waals surface area contributed by atoms with E-state index in [1.165, 1.54) is 25.1 Å². The molecule has 0 saturated carbocycles. The van der Waals surface area contributed by atoms with Crippen LogP contribution in [0.1, 0.15) is 38.2 Å². The number of amides is 1. The summed E-state index contributed by atoms with van der Waals surface area (Å²) in [7, 11) is 4.65. The Morgan fingerprint density at radius 1 is 0.971 bits per heavy atom. The van der Waals surface area contributed by atoms with Crippen molar-refractivity contribution in [3.63, 3.8) is 0 Å². The summed E-state index contributed by atoms with van der Waals surface area (Å²) in [5.41, 5.74) is 1.25. The third-order valence-electron chi connectivity index (χ3n) is 5.61. The number of carbonyl (C=O) groups excluding carboxylic acids is 1. The van der Waals surface area contributed by atoms with Crippen molar-refractivity contribution >= 4 is 16.8 Å². The molecule has 3 rings (SSSR count). The molecule has 1 aromatic heterocycles. The molecular formula is C26H33N3O6. The van der Waals surface area contributed by atoms with E-state index in [1.54, 1.807) is 19.2 Å². The van der Waals surface area contributed by atoms with Crippen LogP contribution in [0.3, 0.4) is 0 Å². The van der Waals surface area contributed by atoms with E-state index in [0.29, 0.717) is 60.0 Å². The lowest BCUT2D eigenvalue weighted by Gasteiger charge is -2.13. The van der Waals surface area contributed by atoms with Gasteiger partial charge in [0.15, 0.2) is 23.0 Å². The zero-order chi connectivity index (χ0) is 25.2. The summed E-state index contributed by atoms with van der Waals surface area (Å²) >= 11 is 0. The van der Waals surface area contributed by atoms with E-state index in [1.807, 2.05) is 18.2 Å². The van der Waals surface area contributed by atoms with Crippen molar-refractivity contribution in [2.45, 2.75) is 45.7 Å². The molecule has 0 radical (unpaired) electrons. The minimum atomic E-state index is -0.190. The van der Waals surface area contributed by atoms with Gasteiger partial charge in [0.05, 0.1) is 45.2 Å². The highest BCUT2D eigenvalue weighted by Crippen LogP contribution is 2.30. The molecule has 0 unspecified atom stereocenters. The highest BCUT2D eigenvalue weighted by Gasteiger charge is 2.12. The Morgan fingerprint density at radius 3 is 2.40 bits per heavy atom. The number of unbranched alkanes of at least 4 members (excludes halogenated alkanes) is 1. The lowest BCUT2D eigenvalue weighted by molar-refractivity contribution is -0.121. The molecule has 2 aromatic carbocycles. The van der Waals surface area contributed by atoms with Crippen molar-refractivity contribution in [3.8, 4) is 23.0 Å². The Kier molecular flexibility index (Phi) is 9.34. The smallest absolute Gasteiger partial charge is 0.261 e. The van der Waals surface area contributed by atoms with Crippen molar-refractivity contribution in [2.24, 2.45) is 0 Å². The third-order valence-corrected chi connectivity index (χ3v) is 5.61. The van der Waals surface area contributed by atoms with Gasteiger partial charge in [-0.1, -0.05) is 19.4 Å². The van der Waals surface area contributed by atoms with E-state index in [-0.39, 0.29) is 17.9 Å². The van der Waals surface area contributed by atoms with Crippen molar-refractivity contribution in [2.75, 3.05) is 27.9 Å². The summed E-state index contributed by atoms with van der Waals surface area (Å²) in [6.07, 6.45) is 4.31. The predicted octanol–water partition coefficient (Wildman–Crippen LogP) is 3.70. The molecule has 1 N–H and O–H groups in total. The number of hydrogen-bond acceptors (Lipinski definition) is 7. The monoisotopic (exact) mass is 483 g/mol. The fourth-order valence-corrected chi connectivity index (χ4v) is 3.61. The number of benzene rings is 2. The number of rotatable bonds is 13. The van der Waals surface area contributed by atoms with Gasteiger partial charge in [-0.25, -0.2) is 4.98 Å². The molecule has 1 heterocycles. The molecule has 0 fully saturated rings. The van der Waals surface area contributed by atoms with Crippen molar-refractivity contribution < 1.29 is 23.7 Å². The van der Waals surface area contributed by atoms with Gasteiger partial charge in [-0.2, -0.15) is 0 Å². The largest absolute Gasteiger partial charge is 0.493 e. The normalized spacial score (nSPS) is 10.7. The predicted molar refractivity (Wildman–Crippen MR) is 134 cm³/mol. The number of methoxy groups -OCH3 is 3. The molecule has 0 spiro atoms. The van der Waals surface area contributed by atoms with E-state index in [0.717, 1.165) is 18.4 Å². The number of hydrogen-bond donors (Lipinski definition) is 1. The summed E-state index contributed by atoms with van der Waals surface area (Å²) in [5, 5.41) is 3.35. The molecule has 188 valence electrons. The van der Waals surface area contributed by atoms with Crippen LogP contribution in [0.4, 0.5) is 0 Å². The maximum atomic E-state index is 12.9. The number of ether oxygens (including phenoxy) is 4. The standard InChI is InChI=1S/C26H33N3O6/c1-5-6-12-35-21-10-9-18(13-22(21)32-2)16-27-25(30)8-7-11-29-17-28-20-15-24(34-4)23(33-3)14-19(20)26(29)31/h9-10,13-15,17H,5-8,11-12,16H2,1-4H3,(H,27,30). The maximum absolute atomic E-state index is 12.9. The van der Waals surface area contributed by atoms with Crippen molar-refractivity contribution in [3.05, 3.63) is 52.6 Å². The molecule has 0 aliphatic heterocycles. The van der Waals surface area contributed by atoms with Crippen LogP contribution >= 0.6 is 0 Å². The maximum Gasteiger partial charge on any atom is 0.261 e. The van der Waals surface area contributed by atoms with E-state index in [2.05, 4.69) is 17.2 Å². The zero-order valence-corrected chi connectivity index (χ0v) is 20.8. The summed E-state index contributed by atoms with van der Waals surface area (Å²) in [4.78, 5) is 29.6.